The van der Waals surface area contributed by atoms with E-state index in [1.54, 1.807) is 12.1 Å². The van der Waals surface area contributed by atoms with E-state index in [0.29, 0.717) is 11.7 Å². The van der Waals surface area contributed by atoms with Crippen LogP contribution in [0, 0.1) is 0 Å². The van der Waals surface area contributed by atoms with Crippen LogP contribution in [0.2, 0.25) is 0 Å². The van der Waals surface area contributed by atoms with Crippen LogP contribution in [0.3, 0.4) is 0 Å². The Hall–Kier alpha value is -3.53. The minimum atomic E-state index is -0.954. The first-order valence-electron chi connectivity index (χ1n) is 12.2. The number of benzene rings is 3. The normalized spacial score (nSPS) is 20.6. The molecule has 1 unspecified atom stereocenters. The largest absolute Gasteiger partial charge is 0.508 e. The van der Waals surface area contributed by atoms with Crippen LogP contribution in [0.5, 0.6) is 5.75 Å². The molecule has 3 aromatic rings. The van der Waals surface area contributed by atoms with Crippen molar-refractivity contribution in [2.75, 3.05) is 11.4 Å². The number of hydrogen-bond donors (Lipinski definition) is 2. The Bertz CT molecular complexity index is 1210. The van der Waals surface area contributed by atoms with Crippen molar-refractivity contribution in [3.8, 4) is 5.75 Å². The van der Waals surface area contributed by atoms with E-state index >= 15 is 0 Å². The summed E-state index contributed by atoms with van der Waals surface area (Å²) in [5.41, 5.74) is 6.54. The van der Waals surface area contributed by atoms with Crippen molar-refractivity contribution in [1.82, 2.24) is 0 Å². The van der Waals surface area contributed by atoms with Gasteiger partial charge in [0.05, 0.1) is 5.54 Å². The van der Waals surface area contributed by atoms with Crippen LogP contribution in [0.4, 0.5) is 5.69 Å². The molecule has 0 amide bonds. The zero-order chi connectivity index (χ0) is 23.7. The average molecular weight is 454 g/mol. The Balaban J connectivity index is 1.55. The predicted molar refractivity (Wildman–Crippen MR) is 136 cm³/mol. The maximum Gasteiger partial charge on any atom is 0.328 e. The first-order chi connectivity index (χ1) is 16.4. The molecule has 3 aromatic carbocycles. The van der Waals surface area contributed by atoms with Crippen LogP contribution >= 0.6 is 0 Å². The molecule has 2 N–H and O–H groups in total. The molecule has 2 aliphatic rings. The third-order valence-electron chi connectivity index (χ3n) is 7.68. The van der Waals surface area contributed by atoms with Gasteiger partial charge in [-0.3, -0.25) is 0 Å². The summed E-state index contributed by atoms with van der Waals surface area (Å²) in [5, 5.41) is 19.1. The van der Waals surface area contributed by atoms with Crippen molar-refractivity contribution < 1.29 is 15.0 Å². The number of phenols is 1. The van der Waals surface area contributed by atoms with Crippen molar-refractivity contribution in [1.29, 1.82) is 0 Å². The molecule has 4 heteroatoms. The fraction of sp³-hybridized carbons (Fsp3) is 0.300. The van der Waals surface area contributed by atoms with Gasteiger partial charge in [-0.25, -0.2) is 4.79 Å². The molecular formula is C30H31NO3. The van der Waals surface area contributed by atoms with E-state index in [2.05, 4.69) is 48.2 Å². The number of nitrogens with zero attached hydrogens (tertiary/aromatic N) is 1. The maximum atomic E-state index is 10.9. The van der Waals surface area contributed by atoms with E-state index in [0.717, 1.165) is 35.7 Å². The highest BCUT2D eigenvalue weighted by Gasteiger charge is 2.40. The van der Waals surface area contributed by atoms with Crippen molar-refractivity contribution in [3.05, 3.63) is 101 Å². The third kappa shape index (κ3) is 4.09. The molecule has 1 aliphatic carbocycles. The Morgan fingerprint density at radius 1 is 1.00 bits per heavy atom. The molecule has 1 aliphatic heterocycles. The molecule has 1 heterocycles. The van der Waals surface area contributed by atoms with Gasteiger partial charge in [-0.1, -0.05) is 55.3 Å². The van der Waals surface area contributed by atoms with E-state index in [4.69, 9.17) is 5.11 Å². The third-order valence-corrected chi connectivity index (χ3v) is 7.68. The Morgan fingerprint density at radius 3 is 2.38 bits per heavy atom. The number of rotatable bonds is 5. The van der Waals surface area contributed by atoms with Gasteiger partial charge in [0.2, 0.25) is 0 Å². The molecule has 0 bridgehead atoms. The lowest BCUT2D eigenvalue weighted by Crippen LogP contribution is -2.49. The lowest BCUT2D eigenvalue weighted by atomic mass is 9.76. The SMILES string of the molecule is CC1(c2ccc(C=CC(=O)O)cc2)c2ccc(O)cc2CCN1c1ccc(C2CCCC2)cc1. The number of hydrogen-bond acceptors (Lipinski definition) is 3. The molecule has 0 saturated heterocycles. The average Bonchev–Trinajstić information content (AvgIpc) is 3.38. The lowest BCUT2D eigenvalue weighted by molar-refractivity contribution is -0.131. The van der Waals surface area contributed by atoms with E-state index in [1.165, 1.54) is 42.5 Å². The van der Waals surface area contributed by atoms with Crippen molar-refractivity contribution in [2.45, 2.75) is 50.5 Å². The summed E-state index contributed by atoms with van der Waals surface area (Å²) < 4.78 is 0. The van der Waals surface area contributed by atoms with Gasteiger partial charge in [0.25, 0.3) is 0 Å². The van der Waals surface area contributed by atoms with E-state index in [-0.39, 0.29) is 0 Å². The van der Waals surface area contributed by atoms with Crippen LogP contribution < -0.4 is 4.90 Å². The maximum absolute atomic E-state index is 10.9. The molecule has 4 nitrogen and oxygen atoms in total. The fourth-order valence-corrected chi connectivity index (χ4v) is 5.83. The van der Waals surface area contributed by atoms with Crippen LogP contribution in [-0.4, -0.2) is 22.7 Å². The van der Waals surface area contributed by atoms with Gasteiger partial charge in [-0.05, 0) is 90.3 Å². The van der Waals surface area contributed by atoms with Gasteiger partial charge in [-0.15, -0.1) is 0 Å². The smallest absolute Gasteiger partial charge is 0.328 e. The van der Waals surface area contributed by atoms with Gasteiger partial charge in [0, 0.05) is 18.3 Å². The Labute approximate surface area is 201 Å². The summed E-state index contributed by atoms with van der Waals surface area (Å²) in [5.74, 6) is 0.0331. The van der Waals surface area contributed by atoms with Crippen molar-refractivity contribution in [3.63, 3.8) is 0 Å². The van der Waals surface area contributed by atoms with Crippen LogP contribution in [0.25, 0.3) is 6.08 Å². The second kappa shape index (κ2) is 9.02. The molecule has 0 aromatic heterocycles. The Kier molecular flexibility index (Phi) is 5.91. The summed E-state index contributed by atoms with van der Waals surface area (Å²) in [6.07, 6.45) is 8.88. The van der Waals surface area contributed by atoms with Crippen LogP contribution in [0.1, 0.15) is 66.3 Å². The van der Waals surface area contributed by atoms with Crippen molar-refractivity contribution in [2.24, 2.45) is 0 Å². The minimum Gasteiger partial charge on any atom is -0.508 e. The summed E-state index contributed by atoms with van der Waals surface area (Å²) >= 11 is 0. The monoisotopic (exact) mass is 453 g/mol. The molecule has 1 saturated carbocycles. The number of carboxylic acid groups (broad SMARTS) is 1. The van der Waals surface area contributed by atoms with Crippen molar-refractivity contribution >= 4 is 17.7 Å². The van der Waals surface area contributed by atoms with Gasteiger partial charge in [-0.2, -0.15) is 0 Å². The second-order valence-corrected chi connectivity index (χ2v) is 9.68. The summed E-state index contributed by atoms with van der Waals surface area (Å²) in [6, 6.07) is 22.9. The van der Waals surface area contributed by atoms with Gasteiger partial charge in [0.1, 0.15) is 5.75 Å². The summed E-state index contributed by atoms with van der Waals surface area (Å²) in [4.78, 5) is 13.4. The first-order valence-corrected chi connectivity index (χ1v) is 12.2. The van der Waals surface area contributed by atoms with Gasteiger partial charge in [0.15, 0.2) is 0 Å². The van der Waals surface area contributed by atoms with E-state index in [1.807, 2.05) is 24.3 Å². The summed E-state index contributed by atoms with van der Waals surface area (Å²) in [6.45, 7) is 3.09. The molecular weight excluding hydrogens is 422 g/mol. The zero-order valence-corrected chi connectivity index (χ0v) is 19.6. The van der Waals surface area contributed by atoms with E-state index in [9.17, 15) is 9.90 Å². The topological polar surface area (TPSA) is 60.8 Å². The standard InChI is InChI=1S/C30H31NO3/c1-30(25-11-6-21(7-12-25)8-17-29(33)34)28-16-15-27(32)20-24(28)18-19-31(30)26-13-9-23(10-14-26)22-4-2-3-5-22/h6-17,20,22,32H,2-5,18-19H2,1H3,(H,33,34). The highest BCUT2D eigenvalue weighted by molar-refractivity contribution is 5.85. The number of aliphatic carboxylic acids is 1. The summed E-state index contributed by atoms with van der Waals surface area (Å²) in [7, 11) is 0. The fourth-order valence-electron chi connectivity index (χ4n) is 5.83. The van der Waals surface area contributed by atoms with Gasteiger partial charge < -0.3 is 15.1 Å². The quantitative estimate of drug-likeness (QED) is 0.435. The highest BCUT2D eigenvalue weighted by atomic mass is 16.4. The molecule has 0 radical (unpaired) electrons. The number of anilines is 1. The molecule has 0 spiro atoms. The number of carboxylic acids is 1. The number of phenolic OH excluding ortho intramolecular Hbond substituents is 1. The number of carbonyl (C=O) groups is 1. The lowest BCUT2D eigenvalue weighted by Gasteiger charge is -2.48. The molecule has 34 heavy (non-hydrogen) atoms. The highest BCUT2D eigenvalue weighted by Crippen LogP contribution is 2.45. The number of aromatic hydroxyl groups is 1. The minimum absolute atomic E-state index is 0.296. The molecule has 1 atom stereocenters. The van der Waals surface area contributed by atoms with Gasteiger partial charge >= 0.3 is 5.97 Å². The zero-order valence-electron chi connectivity index (χ0n) is 19.6. The predicted octanol–water partition coefficient (Wildman–Crippen LogP) is 6.47. The van der Waals surface area contributed by atoms with E-state index < -0.39 is 11.5 Å². The first kappa shape index (κ1) is 22.3. The Morgan fingerprint density at radius 2 is 1.71 bits per heavy atom. The second-order valence-electron chi connectivity index (χ2n) is 9.68. The molecule has 1 fully saturated rings. The van der Waals surface area contributed by atoms with Crippen LogP contribution in [0.15, 0.2) is 72.8 Å². The molecule has 174 valence electrons. The number of fused-ring (bicyclic) bond motifs is 1. The molecule has 5 rings (SSSR count). The van der Waals surface area contributed by atoms with Crippen LogP contribution in [-0.2, 0) is 16.8 Å².